The Morgan fingerprint density at radius 1 is 1.16 bits per heavy atom. The van der Waals surface area contributed by atoms with Crippen LogP contribution in [0.1, 0.15) is 10.5 Å². The molecule has 0 atom stereocenters. The van der Waals surface area contributed by atoms with Gasteiger partial charge in [0.05, 0.1) is 0 Å². The predicted molar refractivity (Wildman–Crippen MR) is 90.9 cm³/mol. The van der Waals surface area contributed by atoms with E-state index in [1.165, 1.54) is 0 Å². The second-order valence-corrected chi connectivity index (χ2v) is 5.86. The van der Waals surface area contributed by atoms with Crippen LogP contribution < -0.4 is 10.7 Å². The van der Waals surface area contributed by atoms with Crippen molar-refractivity contribution >= 4 is 22.8 Å². The van der Waals surface area contributed by atoms with Crippen LogP contribution in [0.5, 0.6) is 5.75 Å². The molecule has 1 fully saturated rings. The zero-order chi connectivity index (χ0) is 17.4. The number of phenolic OH excluding ortho intramolecular Hbond substituents is 1. The summed E-state index contributed by atoms with van der Waals surface area (Å²) in [6.07, 6.45) is 0. The minimum Gasteiger partial charge on any atom is -0.508 e. The van der Waals surface area contributed by atoms with E-state index in [-0.39, 0.29) is 23.0 Å². The number of amides is 1. The molecular formula is C17H16N4O4. The Kier molecular flexibility index (Phi) is 3.64. The summed E-state index contributed by atoms with van der Waals surface area (Å²) in [4.78, 5) is 34.3. The van der Waals surface area contributed by atoms with Gasteiger partial charge in [0.25, 0.3) is 5.91 Å². The molecule has 1 amide bonds. The molecule has 128 valence electrons. The van der Waals surface area contributed by atoms with Gasteiger partial charge in [-0.15, -0.1) is 0 Å². The topological polar surface area (TPSA) is 103 Å². The van der Waals surface area contributed by atoms with Gasteiger partial charge in [-0.3, -0.25) is 9.78 Å². The SMILES string of the molecule is O=C(c1ccc2oc(=O)[nH]c2n1)N1CCN(c2cccc(O)c2)CC1. The van der Waals surface area contributed by atoms with Gasteiger partial charge in [0.2, 0.25) is 0 Å². The number of H-pyrrole nitrogens is 1. The Hall–Kier alpha value is -3.29. The number of benzene rings is 1. The van der Waals surface area contributed by atoms with E-state index in [9.17, 15) is 14.7 Å². The van der Waals surface area contributed by atoms with Crippen LogP contribution in [-0.2, 0) is 0 Å². The Balaban J connectivity index is 1.47. The highest BCUT2D eigenvalue weighted by Gasteiger charge is 2.23. The molecule has 0 aliphatic carbocycles. The Morgan fingerprint density at radius 2 is 1.96 bits per heavy atom. The number of aromatic hydroxyl groups is 1. The van der Waals surface area contributed by atoms with Crippen LogP contribution in [0.3, 0.4) is 0 Å². The van der Waals surface area contributed by atoms with Crippen LogP contribution in [0.15, 0.2) is 45.6 Å². The lowest BCUT2D eigenvalue weighted by atomic mass is 10.2. The molecule has 0 spiro atoms. The first kappa shape index (κ1) is 15.3. The van der Waals surface area contributed by atoms with Gasteiger partial charge in [0.15, 0.2) is 11.2 Å². The molecule has 3 heterocycles. The average molecular weight is 340 g/mol. The Morgan fingerprint density at radius 3 is 2.72 bits per heavy atom. The van der Waals surface area contributed by atoms with Crippen molar-refractivity contribution in [1.82, 2.24) is 14.9 Å². The van der Waals surface area contributed by atoms with Crippen LogP contribution in [0.25, 0.3) is 11.2 Å². The molecule has 8 nitrogen and oxygen atoms in total. The maximum atomic E-state index is 12.6. The molecule has 0 unspecified atom stereocenters. The molecule has 3 aromatic rings. The van der Waals surface area contributed by atoms with Crippen molar-refractivity contribution in [3.8, 4) is 5.75 Å². The standard InChI is InChI=1S/C17H16N4O4/c22-12-3-1-2-11(10-12)20-6-8-21(9-7-20)16(23)13-4-5-14-15(18-13)19-17(24)25-14/h1-5,10,22H,6-9H2,(H,18,19,24). The summed E-state index contributed by atoms with van der Waals surface area (Å²) < 4.78 is 4.90. The molecule has 1 aliphatic rings. The monoisotopic (exact) mass is 340 g/mol. The number of pyridine rings is 1. The maximum absolute atomic E-state index is 12.6. The number of aromatic amines is 1. The number of fused-ring (bicyclic) bond motifs is 1. The van der Waals surface area contributed by atoms with Crippen molar-refractivity contribution in [2.45, 2.75) is 0 Å². The molecule has 0 saturated carbocycles. The van der Waals surface area contributed by atoms with Gasteiger partial charge in [-0.1, -0.05) is 6.07 Å². The first-order chi connectivity index (χ1) is 12.1. The summed E-state index contributed by atoms with van der Waals surface area (Å²) in [7, 11) is 0. The zero-order valence-corrected chi connectivity index (χ0v) is 13.3. The van der Waals surface area contributed by atoms with Crippen molar-refractivity contribution in [1.29, 1.82) is 0 Å². The minimum absolute atomic E-state index is 0.181. The van der Waals surface area contributed by atoms with E-state index < -0.39 is 5.76 Å². The molecule has 2 N–H and O–H groups in total. The van der Waals surface area contributed by atoms with Crippen molar-refractivity contribution in [2.24, 2.45) is 0 Å². The van der Waals surface area contributed by atoms with Gasteiger partial charge in [-0.25, -0.2) is 9.78 Å². The van der Waals surface area contributed by atoms with E-state index in [0.29, 0.717) is 31.8 Å². The largest absolute Gasteiger partial charge is 0.508 e. The number of carbonyl (C=O) groups is 1. The van der Waals surface area contributed by atoms with E-state index >= 15 is 0 Å². The third-order valence-corrected chi connectivity index (χ3v) is 4.26. The third-order valence-electron chi connectivity index (χ3n) is 4.26. The summed E-state index contributed by atoms with van der Waals surface area (Å²) in [6, 6.07) is 10.2. The number of oxazole rings is 1. The Labute approximate surface area is 142 Å². The lowest BCUT2D eigenvalue weighted by Gasteiger charge is -2.36. The number of carbonyl (C=O) groups excluding carboxylic acids is 1. The van der Waals surface area contributed by atoms with Crippen molar-refractivity contribution in [3.63, 3.8) is 0 Å². The van der Waals surface area contributed by atoms with E-state index in [1.54, 1.807) is 35.2 Å². The normalized spacial score (nSPS) is 14.9. The first-order valence-corrected chi connectivity index (χ1v) is 7.93. The van der Waals surface area contributed by atoms with Gasteiger partial charge in [-0.2, -0.15) is 0 Å². The fourth-order valence-electron chi connectivity index (χ4n) is 2.98. The summed E-state index contributed by atoms with van der Waals surface area (Å²) in [5.41, 5.74) is 1.81. The molecular weight excluding hydrogens is 324 g/mol. The lowest BCUT2D eigenvalue weighted by molar-refractivity contribution is 0.0741. The number of aromatic nitrogens is 2. The summed E-state index contributed by atoms with van der Waals surface area (Å²) in [5, 5.41) is 9.59. The van der Waals surface area contributed by atoms with Gasteiger partial charge < -0.3 is 19.3 Å². The number of rotatable bonds is 2. The highest BCUT2D eigenvalue weighted by Crippen LogP contribution is 2.21. The summed E-state index contributed by atoms with van der Waals surface area (Å²) in [6.45, 7) is 2.44. The second kappa shape index (κ2) is 5.97. The van der Waals surface area contributed by atoms with Crippen molar-refractivity contribution < 1.29 is 14.3 Å². The molecule has 0 radical (unpaired) electrons. The molecule has 4 rings (SSSR count). The third kappa shape index (κ3) is 2.93. The molecule has 2 aromatic heterocycles. The quantitative estimate of drug-likeness (QED) is 0.726. The van der Waals surface area contributed by atoms with Gasteiger partial charge >= 0.3 is 5.76 Å². The highest BCUT2D eigenvalue weighted by molar-refractivity contribution is 5.94. The van der Waals surface area contributed by atoms with E-state index in [1.807, 2.05) is 6.07 Å². The van der Waals surface area contributed by atoms with Crippen molar-refractivity contribution in [2.75, 3.05) is 31.1 Å². The average Bonchev–Trinajstić information content (AvgIpc) is 3.00. The van der Waals surface area contributed by atoms with Crippen LogP contribution in [0.4, 0.5) is 5.69 Å². The van der Waals surface area contributed by atoms with Gasteiger partial charge in [0.1, 0.15) is 11.4 Å². The summed E-state index contributed by atoms with van der Waals surface area (Å²) in [5.74, 6) is -0.547. The molecule has 1 aliphatic heterocycles. The number of nitrogens with zero attached hydrogens (tertiary/aromatic N) is 3. The van der Waals surface area contributed by atoms with Crippen LogP contribution in [0, 0.1) is 0 Å². The number of hydrogen-bond donors (Lipinski definition) is 2. The number of phenols is 1. The summed E-state index contributed by atoms with van der Waals surface area (Å²) >= 11 is 0. The van der Waals surface area contributed by atoms with Gasteiger partial charge in [0, 0.05) is 37.9 Å². The second-order valence-electron chi connectivity index (χ2n) is 5.86. The van der Waals surface area contributed by atoms with E-state index in [0.717, 1.165) is 5.69 Å². The maximum Gasteiger partial charge on any atom is 0.418 e. The lowest BCUT2D eigenvalue weighted by Crippen LogP contribution is -2.49. The van der Waals surface area contributed by atoms with Crippen LogP contribution in [-0.4, -0.2) is 52.1 Å². The first-order valence-electron chi connectivity index (χ1n) is 7.93. The fraction of sp³-hybridized carbons (Fsp3) is 0.235. The molecule has 1 saturated heterocycles. The highest BCUT2D eigenvalue weighted by atomic mass is 16.4. The predicted octanol–water partition coefficient (Wildman–Crippen LogP) is 1.18. The zero-order valence-electron chi connectivity index (χ0n) is 13.3. The van der Waals surface area contributed by atoms with Crippen molar-refractivity contribution in [3.05, 3.63) is 52.6 Å². The Bertz CT molecular complexity index is 985. The van der Waals surface area contributed by atoms with Crippen LogP contribution >= 0.6 is 0 Å². The fourth-order valence-corrected chi connectivity index (χ4v) is 2.98. The van der Waals surface area contributed by atoms with Crippen LogP contribution in [0.2, 0.25) is 0 Å². The number of hydrogen-bond acceptors (Lipinski definition) is 6. The number of piperazine rings is 1. The molecule has 8 heteroatoms. The van der Waals surface area contributed by atoms with E-state index in [4.69, 9.17) is 4.42 Å². The minimum atomic E-state index is -0.591. The van der Waals surface area contributed by atoms with Gasteiger partial charge in [-0.05, 0) is 24.3 Å². The molecule has 25 heavy (non-hydrogen) atoms. The van der Waals surface area contributed by atoms with E-state index in [2.05, 4.69) is 14.9 Å². The smallest absolute Gasteiger partial charge is 0.418 e. The number of nitrogens with one attached hydrogen (secondary N) is 1. The number of anilines is 1. The molecule has 0 bridgehead atoms. The molecule has 1 aromatic carbocycles.